The summed E-state index contributed by atoms with van der Waals surface area (Å²) in [6.45, 7) is 0. The number of aromatic nitrogens is 5. The van der Waals surface area contributed by atoms with Gasteiger partial charge in [-0.25, -0.2) is 15.0 Å². The SMILES string of the molecule is N#Cc1ccc2c(c1)c1cc3c4ccccc4n(-c4ccccc4)c3cc1n2-c1cccc(-c2nc(-c3ccccc3)nc(-c3ccccc3)n2)c1. The van der Waals surface area contributed by atoms with E-state index in [1.807, 2.05) is 78.9 Å². The summed E-state index contributed by atoms with van der Waals surface area (Å²) in [7, 11) is 0. The van der Waals surface area contributed by atoms with Crippen LogP contribution < -0.4 is 0 Å². The van der Waals surface area contributed by atoms with Crippen LogP contribution in [0, 0.1) is 11.3 Å². The summed E-state index contributed by atoms with van der Waals surface area (Å²) >= 11 is 0. The van der Waals surface area contributed by atoms with Crippen molar-refractivity contribution in [3.8, 4) is 51.6 Å². The van der Waals surface area contributed by atoms with Crippen LogP contribution in [0.15, 0.2) is 170 Å². The van der Waals surface area contributed by atoms with Crippen LogP contribution in [0.25, 0.3) is 89.2 Å². The minimum absolute atomic E-state index is 0.591. The number of fused-ring (bicyclic) bond motifs is 6. The zero-order chi connectivity index (χ0) is 34.6. The Hall–Kier alpha value is -7.36. The average molecular weight is 665 g/mol. The first-order valence-electron chi connectivity index (χ1n) is 17.2. The lowest BCUT2D eigenvalue weighted by Gasteiger charge is -2.12. The molecule has 3 aromatic heterocycles. The van der Waals surface area contributed by atoms with Gasteiger partial charge in [0.25, 0.3) is 0 Å². The molecule has 0 aliphatic heterocycles. The molecule has 0 N–H and O–H groups in total. The third-order valence-electron chi connectivity index (χ3n) is 9.76. The first-order chi connectivity index (χ1) is 25.7. The number of nitriles is 1. The second-order valence-electron chi connectivity index (χ2n) is 12.8. The second-order valence-corrected chi connectivity index (χ2v) is 12.8. The van der Waals surface area contributed by atoms with E-state index in [9.17, 15) is 5.26 Å². The van der Waals surface area contributed by atoms with Gasteiger partial charge < -0.3 is 9.13 Å². The molecule has 242 valence electrons. The lowest BCUT2D eigenvalue weighted by Crippen LogP contribution is -2.01. The molecular formula is C46H28N6. The zero-order valence-corrected chi connectivity index (χ0v) is 27.8. The number of rotatable bonds is 5. The molecule has 0 amide bonds. The fraction of sp³-hybridized carbons (Fsp3) is 0. The van der Waals surface area contributed by atoms with E-state index in [1.54, 1.807) is 0 Å². The van der Waals surface area contributed by atoms with Crippen molar-refractivity contribution in [3.63, 3.8) is 0 Å². The van der Waals surface area contributed by atoms with E-state index in [0.717, 1.165) is 66.3 Å². The van der Waals surface area contributed by atoms with Gasteiger partial charge in [0.1, 0.15) is 0 Å². The number of benzene rings is 7. The van der Waals surface area contributed by atoms with Crippen molar-refractivity contribution in [2.75, 3.05) is 0 Å². The highest BCUT2D eigenvalue weighted by Gasteiger charge is 2.20. The highest BCUT2D eigenvalue weighted by Crippen LogP contribution is 2.40. The van der Waals surface area contributed by atoms with Gasteiger partial charge in [0, 0.05) is 49.6 Å². The third kappa shape index (κ3) is 4.76. The van der Waals surface area contributed by atoms with Gasteiger partial charge in [-0.15, -0.1) is 0 Å². The normalized spacial score (nSPS) is 11.4. The van der Waals surface area contributed by atoms with Crippen molar-refractivity contribution in [1.29, 1.82) is 5.26 Å². The van der Waals surface area contributed by atoms with Crippen molar-refractivity contribution in [3.05, 3.63) is 175 Å². The van der Waals surface area contributed by atoms with E-state index in [1.165, 1.54) is 5.39 Å². The molecular weight excluding hydrogens is 637 g/mol. The molecule has 0 atom stereocenters. The molecule has 0 saturated heterocycles. The molecule has 0 fully saturated rings. The Kier molecular flexibility index (Phi) is 6.76. The highest BCUT2D eigenvalue weighted by atomic mass is 15.0. The smallest absolute Gasteiger partial charge is 0.164 e. The van der Waals surface area contributed by atoms with E-state index < -0.39 is 0 Å². The summed E-state index contributed by atoms with van der Waals surface area (Å²) in [6.07, 6.45) is 0. The van der Waals surface area contributed by atoms with Gasteiger partial charge in [0.05, 0.1) is 33.7 Å². The topological polar surface area (TPSA) is 72.3 Å². The monoisotopic (exact) mass is 664 g/mol. The summed E-state index contributed by atoms with van der Waals surface area (Å²) in [5.74, 6) is 1.83. The predicted octanol–water partition coefficient (Wildman–Crippen LogP) is 10.9. The number of hydrogen-bond donors (Lipinski definition) is 0. The molecule has 6 nitrogen and oxygen atoms in total. The van der Waals surface area contributed by atoms with Crippen LogP contribution in [-0.4, -0.2) is 24.1 Å². The molecule has 0 unspecified atom stereocenters. The van der Waals surface area contributed by atoms with Crippen molar-refractivity contribution in [2.45, 2.75) is 0 Å². The van der Waals surface area contributed by atoms with Gasteiger partial charge in [-0.2, -0.15) is 5.26 Å². The van der Waals surface area contributed by atoms with E-state index >= 15 is 0 Å². The second kappa shape index (κ2) is 11.9. The molecule has 0 aliphatic carbocycles. The van der Waals surface area contributed by atoms with Crippen molar-refractivity contribution in [2.24, 2.45) is 0 Å². The van der Waals surface area contributed by atoms with Gasteiger partial charge >= 0.3 is 0 Å². The lowest BCUT2D eigenvalue weighted by atomic mass is 10.1. The third-order valence-corrected chi connectivity index (χ3v) is 9.76. The quantitative estimate of drug-likeness (QED) is 0.184. The van der Waals surface area contributed by atoms with Gasteiger partial charge in [-0.05, 0) is 60.7 Å². The Labute approximate surface area is 299 Å². The van der Waals surface area contributed by atoms with Crippen LogP contribution >= 0.6 is 0 Å². The van der Waals surface area contributed by atoms with Gasteiger partial charge in [0.15, 0.2) is 17.5 Å². The molecule has 52 heavy (non-hydrogen) atoms. The first kappa shape index (κ1) is 29.5. The number of nitrogens with zero attached hydrogens (tertiary/aromatic N) is 6. The maximum atomic E-state index is 9.93. The minimum atomic E-state index is 0.591. The molecule has 3 heterocycles. The first-order valence-corrected chi connectivity index (χ1v) is 17.2. The van der Waals surface area contributed by atoms with Crippen molar-refractivity contribution >= 4 is 43.6 Å². The molecule has 10 aromatic rings. The van der Waals surface area contributed by atoms with Crippen LogP contribution in [0.4, 0.5) is 0 Å². The van der Waals surface area contributed by atoms with Gasteiger partial charge in [0.2, 0.25) is 0 Å². The Balaban J connectivity index is 1.24. The summed E-state index contributed by atoms with van der Waals surface area (Å²) in [5, 5.41) is 14.4. The van der Waals surface area contributed by atoms with E-state index in [4.69, 9.17) is 15.0 Å². The Morgan fingerprint density at radius 3 is 1.54 bits per heavy atom. The lowest BCUT2D eigenvalue weighted by molar-refractivity contribution is 1.07. The van der Waals surface area contributed by atoms with Crippen LogP contribution in [0.5, 0.6) is 0 Å². The largest absolute Gasteiger partial charge is 0.309 e. The standard InChI is InChI=1S/C46H28N6/c47-29-30-23-24-41-37(25-30)39-27-38-36-21-10-11-22-40(36)51(34-18-8-3-9-19-34)42(38)28-43(39)52(41)35-20-12-17-33(26-35)46-49-44(31-13-4-1-5-14-31)48-45(50-46)32-15-6-2-7-16-32/h1-28H. The molecule has 10 rings (SSSR count). The van der Waals surface area contributed by atoms with E-state index in [2.05, 4.69) is 106 Å². The maximum absolute atomic E-state index is 9.93. The zero-order valence-electron chi connectivity index (χ0n) is 27.8. The predicted molar refractivity (Wildman–Crippen MR) is 210 cm³/mol. The molecule has 0 radical (unpaired) electrons. The van der Waals surface area contributed by atoms with Crippen LogP contribution in [0.3, 0.4) is 0 Å². The Morgan fingerprint density at radius 1 is 0.365 bits per heavy atom. The van der Waals surface area contributed by atoms with Crippen molar-refractivity contribution in [1.82, 2.24) is 24.1 Å². The fourth-order valence-corrected chi connectivity index (χ4v) is 7.41. The summed E-state index contributed by atoms with van der Waals surface area (Å²) in [4.78, 5) is 14.9. The van der Waals surface area contributed by atoms with E-state index in [-0.39, 0.29) is 0 Å². The van der Waals surface area contributed by atoms with Crippen LogP contribution in [-0.2, 0) is 0 Å². The maximum Gasteiger partial charge on any atom is 0.164 e. The Morgan fingerprint density at radius 2 is 0.865 bits per heavy atom. The highest BCUT2D eigenvalue weighted by molar-refractivity contribution is 6.19. The summed E-state index contributed by atoms with van der Waals surface area (Å²) in [6, 6.07) is 60.4. The van der Waals surface area contributed by atoms with Gasteiger partial charge in [-0.1, -0.05) is 109 Å². The van der Waals surface area contributed by atoms with Crippen molar-refractivity contribution < 1.29 is 0 Å². The number of hydrogen-bond acceptors (Lipinski definition) is 4. The van der Waals surface area contributed by atoms with Crippen LogP contribution in [0.2, 0.25) is 0 Å². The molecule has 0 saturated carbocycles. The molecule has 7 aromatic carbocycles. The number of para-hydroxylation sites is 2. The molecule has 0 aliphatic rings. The molecule has 6 heteroatoms. The van der Waals surface area contributed by atoms with E-state index in [0.29, 0.717) is 23.0 Å². The average Bonchev–Trinajstić information content (AvgIpc) is 3.72. The van der Waals surface area contributed by atoms with Gasteiger partial charge in [-0.3, -0.25) is 0 Å². The van der Waals surface area contributed by atoms with Crippen LogP contribution in [0.1, 0.15) is 5.56 Å². The summed E-state index contributed by atoms with van der Waals surface area (Å²) < 4.78 is 4.63. The molecule has 0 spiro atoms. The minimum Gasteiger partial charge on any atom is -0.309 e. The Bertz CT molecular complexity index is 2950. The fourth-order valence-electron chi connectivity index (χ4n) is 7.41. The molecule has 0 bridgehead atoms. The summed E-state index contributed by atoms with van der Waals surface area (Å²) in [5.41, 5.74) is 9.72.